The lowest BCUT2D eigenvalue weighted by Gasteiger charge is -2.20. The zero-order valence-corrected chi connectivity index (χ0v) is 14.7. The van der Waals surface area contributed by atoms with Crippen molar-refractivity contribution in [1.29, 1.82) is 0 Å². The van der Waals surface area contributed by atoms with Crippen molar-refractivity contribution >= 4 is 35.0 Å². The van der Waals surface area contributed by atoms with Crippen LogP contribution in [0.15, 0.2) is 53.1 Å². The summed E-state index contributed by atoms with van der Waals surface area (Å²) in [6.07, 6.45) is 0. The van der Waals surface area contributed by atoms with Crippen LogP contribution in [0.5, 0.6) is 0 Å². The summed E-state index contributed by atoms with van der Waals surface area (Å²) in [6, 6.07) is 12.8. The summed E-state index contributed by atoms with van der Waals surface area (Å²) in [5, 5.41) is 0.0867. The fraction of sp³-hybridized carbons (Fsp3) is 0.211. The number of nitrogens with zero attached hydrogens (tertiary/aromatic N) is 2. The monoisotopic (exact) mass is 351 g/mol. The Kier molecular flexibility index (Phi) is 3.65. The fourth-order valence-corrected chi connectivity index (χ4v) is 4.33. The number of aromatic nitrogens is 1. The lowest BCUT2D eigenvalue weighted by atomic mass is 10.0. The predicted molar refractivity (Wildman–Crippen MR) is 98.0 cm³/mol. The van der Waals surface area contributed by atoms with Gasteiger partial charge in [-0.05, 0) is 30.2 Å². The maximum atomic E-state index is 12.9. The molecule has 4 rings (SSSR count). The molecule has 0 spiro atoms. The zero-order chi connectivity index (χ0) is 17.7. The molecule has 3 heterocycles. The van der Waals surface area contributed by atoms with E-state index in [1.54, 1.807) is 24.3 Å². The predicted octanol–water partition coefficient (Wildman–Crippen LogP) is 2.92. The van der Waals surface area contributed by atoms with Gasteiger partial charge < -0.3 is 5.73 Å². The third-order valence-corrected chi connectivity index (χ3v) is 5.65. The minimum atomic E-state index is -0.630. The molecular formula is C19H17N3O2S. The Morgan fingerprint density at radius 2 is 1.84 bits per heavy atom. The summed E-state index contributed by atoms with van der Waals surface area (Å²) >= 11 is 1.31. The Labute approximate surface area is 149 Å². The topological polar surface area (TPSA) is 76.3 Å². The SMILES string of the molecule is CC(C)c1ccc2c(n1)S[C@H]1C(=O)N(c3ccccc3)C(=O)C1=C2N. The molecule has 0 aliphatic carbocycles. The van der Waals surface area contributed by atoms with Crippen LogP contribution in [-0.2, 0) is 9.59 Å². The Hall–Kier alpha value is -2.60. The number of hydrogen-bond donors (Lipinski definition) is 1. The lowest BCUT2D eigenvalue weighted by molar-refractivity contribution is -0.120. The fourth-order valence-electron chi connectivity index (χ4n) is 3.09. The van der Waals surface area contributed by atoms with Crippen LogP contribution in [0.25, 0.3) is 5.70 Å². The maximum Gasteiger partial charge on any atom is 0.264 e. The minimum absolute atomic E-state index is 0.262. The number of pyridine rings is 1. The van der Waals surface area contributed by atoms with Crippen LogP contribution in [-0.4, -0.2) is 22.0 Å². The van der Waals surface area contributed by atoms with E-state index in [1.807, 2.05) is 18.2 Å². The zero-order valence-electron chi connectivity index (χ0n) is 13.9. The average Bonchev–Trinajstić information content (AvgIpc) is 2.86. The van der Waals surface area contributed by atoms with Crippen LogP contribution in [0.1, 0.15) is 31.0 Å². The number of carbonyl (C=O) groups is 2. The van der Waals surface area contributed by atoms with Gasteiger partial charge in [0.2, 0.25) is 0 Å². The molecule has 0 bridgehead atoms. The number of anilines is 1. The van der Waals surface area contributed by atoms with Gasteiger partial charge in [-0.3, -0.25) is 9.59 Å². The van der Waals surface area contributed by atoms with E-state index >= 15 is 0 Å². The lowest BCUT2D eigenvalue weighted by Crippen LogP contribution is -2.31. The Morgan fingerprint density at radius 3 is 2.52 bits per heavy atom. The summed E-state index contributed by atoms with van der Waals surface area (Å²) in [5.74, 6) is -0.328. The first-order valence-corrected chi connectivity index (χ1v) is 8.98. The van der Waals surface area contributed by atoms with Crippen LogP contribution in [0, 0.1) is 0 Å². The molecule has 2 aromatic rings. The normalized spacial score (nSPS) is 19.5. The number of amides is 2. The van der Waals surface area contributed by atoms with Crippen molar-refractivity contribution in [3.8, 4) is 0 Å². The van der Waals surface area contributed by atoms with Gasteiger partial charge in [0.05, 0.1) is 17.0 Å². The number of carbonyl (C=O) groups excluding carboxylic acids is 2. The number of para-hydroxylation sites is 1. The van der Waals surface area contributed by atoms with E-state index in [2.05, 4.69) is 18.8 Å². The summed E-state index contributed by atoms with van der Waals surface area (Å²) < 4.78 is 0. The molecule has 2 aliphatic heterocycles. The van der Waals surface area contributed by atoms with Crippen molar-refractivity contribution < 1.29 is 9.59 Å². The van der Waals surface area contributed by atoms with E-state index in [0.717, 1.165) is 11.3 Å². The van der Waals surface area contributed by atoms with Crippen molar-refractivity contribution in [3.63, 3.8) is 0 Å². The minimum Gasteiger partial charge on any atom is -0.398 e. The van der Waals surface area contributed by atoms with E-state index < -0.39 is 5.25 Å². The van der Waals surface area contributed by atoms with Gasteiger partial charge in [0.15, 0.2) is 0 Å². The molecule has 1 aromatic heterocycles. The number of fused-ring (bicyclic) bond motifs is 2. The number of rotatable bonds is 2. The first-order valence-electron chi connectivity index (χ1n) is 8.10. The molecule has 2 N–H and O–H groups in total. The van der Waals surface area contributed by atoms with Gasteiger partial charge in [-0.1, -0.05) is 43.8 Å². The van der Waals surface area contributed by atoms with Crippen molar-refractivity contribution in [2.24, 2.45) is 5.73 Å². The second-order valence-electron chi connectivity index (χ2n) is 6.38. The molecule has 5 nitrogen and oxygen atoms in total. The van der Waals surface area contributed by atoms with E-state index in [1.165, 1.54) is 16.7 Å². The molecule has 1 fully saturated rings. The van der Waals surface area contributed by atoms with Crippen molar-refractivity contribution in [1.82, 2.24) is 4.98 Å². The van der Waals surface area contributed by atoms with Gasteiger partial charge in [0, 0.05) is 11.3 Å². The van der Waals surface area contributed by atoms with Crippen molar-refractivity contribution in [3.05, 3.63) is 59.3 Å². The van der Waals surface area contributed by atoms with Gasteiger partial charge in [-0.25, -0.2) is 9.88 Å². The first kappa shape index (κ1) is 15.9. The highest BCUT2D eigenvalue weighted by Gasteiger charge is 2.48. The Bertz CT molecular complexity index is 922. The molecule has 1 atom stereocenters. The highest BCUT2D eigenvalue weighted by molar-refractivity contribution is 8.01. The van der Waals surface area contributed by atoms with Gasteiger partial charge >= 0.3 is 0 Å². The Balaban J connectivity index is 1.81. The van der Waals surface area contributed by atoms with Gasteiger partial charge in [0.1, 0.15) is 10.3 Å². The van der Waals surface area contributed by atoms with Crippen LogP contribution in [0.4, 0.5) is 5.69 Å². The summed E-state index contributed by atoms with van der Waals surface area (Å²) in [6.45, 7) is 4.13. The number of benzene rings is 1. The third kappa shape index (κ3) is 2.36. The molecular weight excluding hydrogens is 334 g/mol. The molecule has 1 aromatic carbocycles. The number of imide groups is 1. The van der Waals surface area contributed by atoms with Crippen molar-refractivity contribution in [2.75, 3.05) is 4.90 Å². The number of thioether (sulfide) groups is 1. The number of nitrogens with two attached hydrogens (primary N) is 1. The second kappa shape index (κ2) is 5.74. The van der Waals surface area contributed by atoms with Crippen LogP contribution < -0.4 is 10.6 Å². The highest BCUT2D eigenvalue weighted by Crippen LogP contribution is 2.45. The molecule has 126 valence electrons. The molecule has 0 unspecified atom stereocenters. The molecule has 0 saturated carbocycles. The largest absolute Gasteiger partial charge is 0.398 e. The molecule has 2 aliphatic rings. The molecule has 0 radical (unpaired) electrons. The van der Waals surface area contributed by atoms with E-state index in [9.17, 15) is 9.59 Å². The molecule has 25 heavy (non-hydrogen) atoms. The molecule has 6 heteroatoms. The van der Waals surface area contributed by atoms with Crippen LogP contribution in [0.2, 0.25) is 0 Å². The van der Waals surface area contributed by atoms with Crippen molar-refractivity contribution in [2.45, 2.75) is 30.0 Å². The standard InChI is InChI=1S/C19H17N3O2S/c1-10(2)13-9-8-12-15(20)14-16(25-17(12)21-13)19(24)22(18(14)23)11-6-4-3-5-7-11/h3-10,16H,20H2,1-2H3/t16-/m1/s1. The summed E-state index contributed by atoms with van der Waals surface area (Å²) in [5.41, 5.74) is 9.24. The molecule has 2 amide bonds. The quantitative estimate of drug-likeness (QED) is 0.842. The maximum absolute atomic E-state index is 12.9. The van der Waals surface area contributed by atoms with E-state index in [4.69, 9.17) is 5.73 Å². The average molecular weight is 351 g/mol. The van der Waals surface area contributed by atoms with Gasteiger partial charge in [-0.15, -0.1) is 0 Å². The molecule has 1 saturated heterocycles. The highest BCUT2D eigenvalue weighted by atomic mass is 32.2. The van der Waals surface area contributed by atoms with Gasteiger partial charge in [0.25, 0.3) is 11.8 Å². The van der Waals surface area contributed by atoms with E-state index in [-0.39, 0.29) is 17.7 Å². The van der Waals surface area contributed by atoms with Gasteiger partial charge in [-0.2, -0.15) is 0 Å². The second-order valence-corrected chi connectivity index (χ2v) is 7.48. The third-order valence-electron chi connectivity index (χ3n) is 4.44. The van der Waals surface area contributed by atoms with Crippen LogP contribution in [0.3, 0.4) is 0 Å². The summed E-state index contributed by atoms with van der Waals surface area (Å²) in [7, 11) is 0. The smallest absolute Gasteiger partial charge is 0.264 e. The Morgan fingerprint density at radius 1 is 1.12 bits per heavy atom. The van der Waals surface area contributed by atoms with Crippen LogP contribution >= 0.6 is 11.8 Å². The first-order chi connectivity index (χ1) is 12.0. The van der Waals surface area contributed by atoms with E-state index in [0.29, 0.717) is 22.0 Å². The summed E-state index contributed by atoms with van der Waals surface area (Å²) in [4.78, 5) is 31.6. The number of hydrogen-bond acceptors (Lipinski definition) is 5.